The van der Waals surface area contributed by atoms with Gasteiger partial charge in [-0.2, -0.15) is 0 Å². The smallest absolute Gasteiger partial charge is 0.180 e. The number of unbranched alkanes of at least 4 members (excludes halogenated alkanes) is 1. The van der Waals surface area contributed by atoms with Crippen LogP contribution in [-0.4, -0.2) is 25.2 Å². The summed E-state index contributed by atoms with van der Waals surface area (Å²) in [5, 5.41) is -0.952. The summed E-state index contributed by atoms with van der Waals surface area (Å²) in [6.45, 7) is 5.34. The van der Waals surface area contributed by atoms with Gasteiger partial charge in [0.2, 0.25) is 0 Å². The zero-order valence-electron chi connectivity index (χ0n) is 11.1. The van der Waals surface area contributed by atoms with E-state index in [0.29, 0.717) is 12.0 Å². The second-order valence-electron chi connectivity index (χ2n) is 4.59. The van der Waals surface area contributed by atoms with E-state index in [9.17, 15) is 13.2 Å². The quantitative estimate of drug-likeness (QED) is 0.745. The zero-order valence-corrected chi connectivity index (χ0v) is 12.0. The number of ketones is 1. The number of benzene rings is 1. The van der Waals surface area contributed by atoms with E-state index < -0.39 is 15.1 Å². The molecule has 0 aliphatic rings. The molecule has 0 aliphatic carbocycles. The maximum atomic E-state index is 12.1. The molecule has 1 unspecified atom stereocenters. The highest BCUT2D eigenvalue weighted by Crippen LogP contribution is 2.13. The van der Waals surface area contributed by atoms with Gasteiger partial charge in [0, 0.05) is 5.56 Å². The standard InChI is InChI=1S/C14H20O3S/c1-4-5-10-18(16,17)12(3)14(15)13-8-6-11(2)7-9-13/h6-9,12H,4-5,10H2,1-3H3. The van der Waals surface area contributed by atoms with Crippen molar-refractivity contribution in [1.29, 1.82) is 0 Å². The molecule has 100 valence electrons. The predicted octanol–water partition coefficient (Wildman–Crippen LogP) is 2.78. The molecule has 18 heavy (non-hydrogen) atoms. The predicted molar refractivity (Wildman–Crippen MR) is 73.7 cm³/mol. The first kappa shape index (κ1) is 14.9. The van der Waals surface area contributed by atoms with Crippen molar-refractivity contribution in [3.8, 4) is 0 Å². The van der Waals surface area contributed by atoms with Crippen LogP contribution in [0.15, 0.2) is 24.3 Å². The Labute approximate surface area is 109 Å². The van der Waals surface area contributed by atoms with Crippen molar-refractivity contribution >= 4 is 15.6 Å². The highest BCUT2D eigenvalue weighted by molar-refractivity contribution is 7.92. The van der Waals surface area contributed by atoms with E-state index in [2.05, 4.69) is 0 Å². The van der Waals surface area contributed by atoms with Crippen LogP contribution in [0.4, 0.5) is 0 Å². The van der Waals surface area contributed by atoms with Crippen LogP contribution in [0.25, 0.3) is 0 Å². The Morgan fingerprint density at radius 3 is 2.28 bits per heavy atom. The fourth-order valence-electron chi connectivity index (χ4n) is 1.64. The van der Waals surface area contributed by atoms with Crippen LogP contribution in [0.5, 0.6) is 0 Å². The summed E-state index contributed by atoms with van der Waals surface area (Å²) in [5.41, 5.74) is 1.52. The minimum atomic E-state index is -3.33. The molecule has 1 aromatic carbocycles. The Kier molecular flexibility index (Phi) is 5.08. The van der Waals surface area contributed by atoms with E-state index in [4.69, 9.17) is 0 Å². The van der Waals surface area contributed by atoms with Crippen molar-refractivity contribution in [3.05, 3.63) is 35.4 Å². The molecular weight excluding hydrogens is 248 g/mol. The molecule has 0 saturated heterocycles. The van der Waals surface area contributed by atoms with Crippen molar-refractivity contribution in [1.82, 2.24) is 0 Å². The third-order valence-electron chi connectivity index (χ3n) is 3.03. The molecular formula is C14H20O3S. The van der Waals surface area contributed by atoms with Gasteiger partial charge in [0.15, 0.2) is 15.6 Å². The molecule has 1 atom stereocenters. The number of aryl methyl sites for hydroxylation is 1. The van der Waals surface area contributed by atoms with Crippen LogP contribution in [-0.2, 0) is 9.84 Å². The third-order valence-corrected chi connectivity index (χ3v) is 5.18. The second-order valence-corrected chi connectivity index (χ2v) is 7.03. The maximum absolute atomic E-state index is 12.1. The number of rotatable bonds is 6. The van der Waals surface area contributed by atoms with Crippen LogP contribution in [0.2, 0.25) is 0 Å². The number of carbonyl (C=O) groups is 1. The number of carbonyl (C=O) groups excluding carboxylic acids is 1. The van der Waals surface area contributed by atoms with Crippen LogP contribution in [0.3, 0.4) is 0 Å². The van der Waals surface area contributed by atoms with Gasteiger partial charge in [-0.3, -0.25) is 4.79 Å². The Hall–Kier alpha value is -1.16. The highest BCUT2D eigenvalue weighted by atomic mass is 32.2. The van der Waals surface area contributed by atoms with Gasteiger partial charge in [0.25, 0.3) is 0 Å². The van der Waals surface area contributed by atoms with Crippen molar-refractivity contribution < 1.29 is 13.2 Å². The molecule has 0 N–H and O–H groups in total. The molecule has 1 aromatic rings. The number of hydrogen-bond donors (Lipinski definition) is 0. The molecule has 0 spiro atoms. The van der Waals surface area contributed by atoms with E-state index in [1.165, 1.54) is 6.92 Å². The Morgan fingerprint density at radius 2 is 1.78 bits per heavy atom. The lowest BCUT2D eigenvalue weighted by atomic mass is 10.1. The molecule has 0 amide bonds. The van der Waals surface area contributed by atoms with E-state index >= 15 is 0 Å². The monoisotopic (exact) mass is 268 g/mol. The molecule has 0 bridgehead atoms. The maximum Gasteiger partial charge on any atom is 0.180 e. The molecule has 0 saturated carbocycles. The summed E-state index contributed by atoms with van der Waals surface area (Å²) in [4.78, 5) is 12.1. The van der Waals surface area contributed by atoms with Gasteiger partial charge in [-0.15, -0.1) is 0 Å². The average molecular weight is 268 g/mol. The zero-order chi connectivity index (χ0) is 13.8. The van der Waals surface area contributed by atoms with Crippen molar-refractivity contribution in [3.63, 3.8) is 0 Å². The minimum absolute atomic E-state index is 0.0856. The van der Waals surface area contributed by atoms with Crippen LogP contribution in [0, 0.1) is 6.92 Å². The van der Waals surface area contributed by atoms with Gasteiger partial charge in [-0.05, 0) is 20.3 Å². The van der Waals surface area contributed by atoms with Crippen molar-refractivity contribution in [2.75, 3.05) is 5.75 Å². The Balaban J connectivity index is 2.87. The molecule has 0 fully saturated rings. The lowest BCUT2D eigenvalue weighted by Gasteiger charge is -2.11. The minimum Gasteiger partial charge on any atom is -0.293 e. The van der Waals surface area contributed by atoms with Crippen LogP contribution in [0.1, 0.15) is 42.6 Å². The number of hydrogen-bond acceptors (Lipinski definition) is 3. The van der Waals surface area contributed by atoms with Crippen molar-refractivity contribution in [2.24, 2.45) is 0 Å². The Morgan fingerprint density at radius 1 is 1.22 bits per heavy atom. The largest absolute Gasteiger partial charge is 0.293 e. The van der Waals surface area contributed by atoms with Crippen LogP contribution < -0.4 is 0 Å². The molecule has 0 heterocycles. The van der Waals surface area contributed by atoms with E-state index in [1.54, 1.807) is 12.1 Å². The lowest BCUT2D eigenvalue weighted by Crippen LogP contribution is -2.29. The summed E-state index contributed by atoms with van der Waals surface area (Å²) in [6.07, 6.45) is 1.42. The molecule has 0 aliphatic heterocycles. The molecule has 0 aromatic heterocycles. The lowest BCUT2D eigenvalue weighted by molar-refractivity contribution is 0.0991. The summed E-state index contributed by atoms with van der Waals surface area (Å²) >= 11 is 0. The fourth-order valence-corrected chi connectivity index (χ4v) is 3.14. The van der Waals surface area contributed by atoms with Gasteiger partial charge in [0.1, 0.15) is 5.25 Å². The van der Waals surface area contributed by atoms with Gasteiger partial charge >= 0.3 is 0 Å². The van der Waals surface area contributed by atoms with Gasteiger partial charge < -0.3 is 0 Å². The van der Waals surface area contributed by atoms with E-state index in [0.717, 1.165) is 12.0 Å². The first-order valence-corrected chi connectivity index (χ1v) is 7.92. The average Bonchev–Trinajstić information content (AvgIpc) is 2.35. The number of sulfone groups is 1. The first-order chi connectivity index (χ1) is 8.38. The Bertz CT molecular complexity index is 500. The number of Topliss-reactive ketones (excluding diaryl/α,β-unsaturated/α-hetero) is 1. The third kappa shape index (κ3) is 3.67. The summed E-state index contributed by atoms with van der Waals surface area (Å²) in [6, 6.07) is 7.00. The first-order valence-electron chi connectivity index (χ1n) is 6.21. The van der Waals surface area contributed by atoms with Gasteiger partial charge in [0.05, 0.1) is 5.75 Å². The van der Waals surface area contributed by atoms with E-state index in [1.807, 2.05) is 26.0 Å². The molecule has 4 heteroatoms. The molecule has 1 rings (SSSR count). The molecule has 0 radical (unpaired) electrons. The summed E-state index contributed by atoms with van der Waals surface area (Å²) < 4.78 is 23.9. The topological polar surface area (TPSA) is 51.2 Å². The van der Waals surface area contributed by atoms with Crippen LogP contribution >= 0.6 is 0 Å². The fraction of sp³-hybridized carbons (Fsp3) is 0.500. The SMILES string of the molecule is CCCCS(=O)(=O)C(C)C(=O)c1ccc(C)cc1. The molecule has 3 nitrogen and oxygen atoms in total. The van der Waals surface area contributed by atoms with Gasteiger partial charge in [-0.1, -0.05) is 43.2 Å². The van der Waals surface area contributed by atoms with Crippen molar-refractivity contribution in [2.45, 2.75) is 38.9 Å². The van der Waals surface area contributed by atoms with E-state index in [-0.39, 0.29) is 11.5 Å². The second kappa shape index (κ2) is 6.14. The normalized spacial score (nSPS) is 13.3. The highest BCUT2D eigenvalue weighted by Gasteiger charge is 2.27. The summed E-state index contributed by atoms with van der Waals surface area (Å²) in [7, 11) is -3.33. The van der Waals surface area contributed by atoms with Gasteiger partial charge in [-0.25, -0.2) is 8.42 Å². The summed E-state index contributed by atoms with van der Waals surface area (Å²) in [5.74, 6) is -0.228.